The molecule has 0 atom stereocenters. The molecule has 0 saturated heterocycles. The SMILES string of the molecule is CS(=O)(=O)NC(=O)c1cc(F)c(COc2ccc(Cl)c(F)c2)cc1F. The lowest BCUT2D eigenvalue weighted by Crippen LogP contribution is -2.30. The maximum atomic E-state index is 14.0. The second kappa shape index (κ2) is 7.32. The Bertz CT molecular complexity index is 935. The highest BCUT2D eigenvalue weighted by Crippen LogP contribution is 2.22. The van der Waals surface area contributed by atoms with Crippen molar-refractivity contribution in [3.8, 4) is 5.75 Å². The van der Waals surface area contributed by atoms with E-state index in [0.717, 1.165) is 6.07 Å². The Morgan fingerprint density at radius 2 is 1.80 bits per heavy atom. The first kappa shape index (κ1) is 19.1. The van der Waals surface area contributed by atoms with Gasteiger partial charge in [-0.15, -0.1) is 0 Å². The molecule has 0 unspecified atom stereocenters. The van der Waals surface area contributed by atoms with Crippen molar-refractivity contribution in [1.29, 1.82) is 0 Å². The lowest BCUT2D eigenvalue weighted by atomic mass is 10.1. The van der Waals surface area contributed by atoms with Gasteiger partial charge in [0.1, 0.15) is 29.8 Å². The van der Waals surface area contributed by atoms with Gasteiger partial charge in [-0.25, -0.2) is 26.3 Å². The van der Waals surface area contributed by atoms with Gasteiger partial charge in [0, 0.05) is 11.6 Å². The summed E-state index contributed by atoms with van der Waals surface area (Å²) < 4.78 is 69.9. The highest BCUT2D eigenvalue weighted by Gasteiger charge is 2.19. The van der Waals surface area contributed by atoms with E-state index < -0.39 is 45.6 Å². The topological polar surface area (TPSA) is 72.5 Å². The number of sulfonamides is 1. The van der Waals surface area contributed by atoms with Crippen LogP contribution in [0.5, 0.6) is 5.75 Å². The fourth-order valence-electron chi connectivity index (χ4n) is 1.82. The van der Waals surface area contributed by atoms with Crippen molar-refractivity contribution in [3.05, 3.63) is 63.9 Å². The molecule has 0 saturated carbocycles. The van der Waals surface area contributed by atoms with Gasteiger partial charge < -0.3 is 4.74 Å². The van der Waals surface area contributed by atoms with Crippen molar-refractivity contribution in [3.63, 3.8) is 0 Å². The Kier molecular flexibility index (Phi) is 5.58. The molecule has 2 aromatic rings. The summed E-state index contributed by atoms with van der Waals surface area (Å²) in [5.74, 6) is -4.12. The molecule has 1 N–H and O–H groups in total. The average Bonchev–Trinajstić information content (AvgIpc) is 2.49. The number of ether oxygens (including phenoxy) is 1. The number of carbonyl (C=O) groups excluding carboxylic acids is 1. The smallest absolute Gasteiger partial charge is 0.267 e. The van der Waals surface area contributed by atoms with Crippen LogP contribution in [0.1, 0.15) is 15.9 Å². The Morgan fingerprint density at radius 3 is 2.40 bits per heavy atom. The van der Waals surface area contributed by atoms with Gasteiger partial charge in [-0.2, -0.15) is 0 Å². The van der Waals surface area contributed by atoms with Gasteiger partial charge in [-0.1, -0.05) is 11.6 Å². The Balaban J connectivity index is 2.19. The molecule has 2 rings (SSSR count). The van der Waals surface area contributed by atoms with E-state index in [1.165, 1.54) is 16.9 Å². The number of hydrogen-bond acceptors (Lipinski definition) is 4. The number of halogens is 4. The van der Waals surface area contributed by atoms with E-state index in [0.29, 0.717) is 18.4 Å². The van der Waals surface area contributed by atoms with Crippen LogP contribution >= 0.6 is 11.6 Å². The molecule has 0 aliphatic heterocycles. The number of rotatable bonds is 5. The average molecular weight is 394 g/mol. The van der Waals surface area contributed by atoms with E-state index >= 15 is 0 Å². The fraction of sp³-hybridized carbons (Fsp3) is 0.133. The van der Waals surface area contributed by atoms with E-state index in [4.69, 9.17) is 16.3 Å². The predicted molar refractivity (Wildman–Crippen MR) is 84.4 cm³/mol. The maximum Gasteiger partial charge on any atom is 0.267 e. The largest absolute Gasteiger partial charge is 0.489 e. The minimum absolute atomic E-state index is 0.0422. The Morgan fingerprint density at radius 1 is 1.12 bits per heavy atom. The third-order valence-corrected chi connectivity index (χ3v) is 3.81. The van der Waals surface area contributed by atoms with Crippen molar-refractivity contribution in [2.75, 3.05) is 6.26 Å². The summed E-state index contributed by atoms with van der Waals surface area (Å²) in [5.41, 5.74) is -1.02. The maximum absolute atomic E-state index is 14.0. The molecule has 0 heterocycles. The first-order valence-electron chi connectivity index (χ1n) is 6.64. The minimum atomic E-state index is -3.92. The Hall–Kier alpha value is -2.26. The van der Waals surface area contributed by atoms with Gasteiger partial charge >= 0.3 is 0 Å². The molecule has 0 aliphatic carbocycles. The van der Waals surface area contributed by atoms with Crippen LogP contribution in [-0.2, 0) is 16.6 Å². The summed E-state index contributed by atoms with van der Waals surface area (Å²) in [5, 5.41) is -0.120. The fourth-order valence-corrected chi connectivity index (χ4v) is 2.39. The monoisotopic (exact) mass is 393 g/mol. The van der Waals surface area contributed by atoms with Gasteiger partial charge in [0.2, 0.25) is 10.0 Å². The van der Waals surface area contributed by atoms with Crippen LogP contribution in [0.15, 0.2) is 30.3 Å². The van der Waals surface area contributed by atoms with Gasteiger partial charge in [-0.05, 0) is 24.3 Å². The Labute approximate surface area is 146 Å². The second-order valence-electron chi connectivity index (χ2n) is 4.99. The molecule has 2 aromatic carbocycles. The number of carbonyl (C=O) groups is 1. The van der Waals surface area contributed by atoms with E-state index in [2.05, 4.69) is 0 Å². The van der Waals surface area contributed by atoms with Crippen LogP contribution in [0.2, 0.25) is 5.02 Å². The van der Waals surface area contributed by atoms with Gasteiger partial charge in [0.05, 0.1) is 16.8 Å². The first-order chi connectivity index (χ1) is 11.6. The van der Waals surface area contributed by atoms with Crippen LogP contribution in [0.3, 0.4) is 0 Å². The first-order valence-corrected chi connectivity index (χ1v) is 8.91. The van der Waals surface area contributed by atoms with Gasteiger partial charge in [0.25, 0.3) is 5.91 Å². The molecule has 0 aliphatic rings. The summed E-state index contributed by atoms with van der Waals surface area (Å²) in [6.07, 6.45) is 0.701. The number of amides is 1. The number of hydrogen-bond donors (Lipinski definition) is 1. The molecule has 134 valence electrons. The van der Waals surface area contributed by atoms with Crippen molar-refractivity contribution in [2.45, 2.75) is 6.61 Å². The van der Waals surface area contributed by atoms with E-state index in [1.807, 2.05) is 0 Å². The van der Waals surface area contributed by atoms with Crippen LogP contribution < -0.4 is 9.46 Å². The highest BCUT2D eigenvalue weighted by molar-refractivity contribution is 7.89. The summed E-state index contributed by atoms with van der Waals surface area (Å²) >= 11 is 5.52. The van der Waals surface area contributed by atoms with Gasteiger partial charge in [-0.3, -0.25) is 4.79 Å². The summed E-state index contributed by atoms with van der Waals surface area (Å²) in [6.45, 7) is -0.447. The molecule has 0 aromatic heterocycles. The van der Waals surface area contributed by atoms with Crippen LogP contribution in [-0.4, -0.2) is 20.6 Å². The van der Waals surface area contributed by atoms with E-state index in [-0.39, 0.29) is 16.3 Å². The van der Waals surface area contributed by atoms with Crippen LogP contribution in [0, 0.1) is 17.5 Å². The van der Waals surface area contributed by atoms with Crippen molar-refractivity contribution in [2.24, 2.45) is 0 Å². The molecule has 1 amide bonds. The summed E-state index contributed by atoms with van der Waals surface area (Å²) in [4.78, 5) is 11.6. The van der Waals surface area contributed by atoms with E-state index in [9.17, 15) is 26.4 Å². The molecule has 5 nitrogen and oxygen atoms in total. The third kappa shape index (κ3) is 5.10. The molecule has 25 heavy (non-hydrogen) atoms. The number of benzene rings is 2. The molecule has 10 heteroatoms. The standard InChI is InChI=1S/C15H11ClF3NO4S/c1-25(22,23)20-15(21)10-6-12(17)8(4-13(10)18)7-24-9-2-3-11(16)14(19)5-9/h2-6H,7H2,1H3,(H,20,21). The lowest BCUT2D eigenvalue weighted by molar-refractivity contribution is 0.0977. The molecule has 0 fully saturated rings. The molecule has 0 spiro atoms. The predicted octanol–water partition coefficient (Wildman–Crippen LogP) is 3.03. The van der Waals surface area contributed by atoms with Crippen LogP contribution in [0.25, 0.3) is 0 Å². The highest BCUT2D eigenvalue weighted by atomic mass is 35.5. The lowest BCUT2D eigenvalue weighted by Gasteiger charge is -2.10. The van der Waals surface area contributed by atoms with Crippen molar-refractivity contribution < 1.29 is 31.1 Å². The quantitative estimate of drug-likeness (QED) is 0.847. The van der Waals surface area contributed by atoms with Gasteiger partial charge in [0.15, 0.2) is 0 Å². The molecular weight excluding hydrogens is 383 g/mol. The zero-order chi connectivity index (χ0) is 18.8. The summed E-state index contributed by atoms with van der Waals surface area (Å²) in [7, 11) is -3.92. The molecular formula is C15H11ClF3NO4S. The van der Waals surface area contributed by atoms with Crippen molar-refractivity contribution in [1.82, 2.24) is 4.72 Å². The third-order valence-electron chi connectivity index (χ3n) is 2.94. The molecule has 0 bridgehead atoms. The number of nitrogens with one attached hydrogen (secondary N) is 1. The normalized spacial score (nSPS) is 11.2. The second-order valence-corrected chi connectivity index (χ2v) is 7.15. The van der Waals surface area contributed by atoms with E-state index in [1.54, 1.807) is 0 Å². The zero-order valence-electron chi connectivity index (χ0n) is 12.6. The summed E-state index contributed by atoms with van der Waals surface area (Å²) in [6, 6.07) is 4.80. The van der Waals surface area contributed by atoms with Crippen molar-refractivity contribution >= 4 is 27.5 Å². The minimum Gasteiger partial charge on any atom is -0.489 e. The molecule has 0 radical (unpaired) electrons. The zero-order valence-corrected chi connectivity index (χ0v) is 14.2. The van der Waals surface area contributed by atoms with Crippen LogP contribution in [0.4, 0.5) is 13.2 Å².